The molecule has 15 nitrogen and oxygen atoms in total. The average Bonchev–Trinajstić information content (AvgIpc) is 3.11. The number of allylic oxidation sites excluding steroid dienone is 4. The zero-order chi connectivity index (χ0) is 53.0. The summed E-state index contributed by atoms with van der Waals surface area (Å²) >= 11 is 3.44. The predicted octanol–water partition coefficient (Wildman–Crippen LogP) is 9.02. The molecule has 0 aromatic carbocycles. The number of rotatable bonds is 18. The van der Waals surface area contributed by atoms with E-state index in [1.807, 2.05) is 13.8 Å². The summed E-state index contributed by atoms with van der Waals surface area (Å²) in [6, 6.07) is -0.690. The molecule has 0 aliphatic rings. The molecule has 384 valence electrons. The first-order valence-corrected chi connectivity index (χ1v) is 23.7. The molecule has 0 spiro atoms. The molecule has 0 aliphatic heterocycles. The lowest BCUT2D eigenvalue weighted by atomic mass is 10.0. The molecule has 64 heavy (non-hydrogen) atoms. The number of aliphatic hydroxyl groups excluding tert-OH is 1. The van der Waals surface area contributed by atoms with Crippen LogP contribution in [0.5, 0.6) is 0 Å². The number of carbonyl (C=O) groups is 5. The van der Waals surface area contributed by atoms with Crippen LogP contribution in [0.1, 0.15) is 130 Å². The number of nitrogens with two attached hydrogens (primary N) is 1. The molecule has 0 saturated carbocycles. The standard InChI is InChI=1S/C8H13F3O4S.C7H15Br.C7H14.C6H13NO2.C5H7F3O4S.C4H6O.C3H6O3/c1-5(2)4-7(6(3)12)15-16(13,14)8(9,10)11;1-6(2)4-7(3)5-8;1-4-6-7(3)5-2;1-4(2)3-5(7)6(8)9;1-3(9)4(2)12-13(10,11)5(6,7)8;1-2-3-4-5;1-2(4)3(5)6/h5,7H,4H2,1-3H3;6-7H,4-5H2,1-3H3;4,6-7H,5H2,1-3H3;4-5H,3,7H2,1-2H3,(H,8,9);4H,1-2H3;2-4H,1H3;2,4H,1H3,(H,5,6)/b;;6-4+;;;3-2+;/t3*7-;5-;4-;;2-/m01101.1/s1. The Morgan fingerprint density at radius 2 is 1.06 bits per heavy atom. The summed E-state index contributed by atoms with van der Waals surface area (Å²) in [7, 11) is -11.4. The smallest absolute Gasteiger partial charge is 0.480 e. The van der Waals surface area contributed by atoms with Crippen molar-refractivity contribution in [3.05, 3.63) is 24.3 Å². The fraction of sp³-hybridized carbons (Fsp3) is 0.775. The van der Waals surface area contributed by atoms with Gasteiger partial charge in [-0.2, -0.15) is 43.2 Å². The quantitative estimate of drug-likeness (QED) is 0.0190. The molecule has 0 radical (unpaired) electrons. The second kappa shape index (κ2) is 40.5. The summed E-state index contributed by atoms with van der Waals surface area (Å²) in [5, 5.41) is 25.2. The van der Waals surface area contributed by atoms with E-state index >= 15 is 0 Å². The molecule has 0 aliphatic carbocycles. The van der Waals surface area contributed by atoms with Gasteiger partial charge in [-0.3, -0.25) is 27.5 Å². The van der Waals surface area contributed by atoms with Crippen LogP contribution in [0.2, 0.25) is 0 Å². The maximum Gasteiger partial charge on any atom is 0.523 e. The molecule has 24 heteroatoms. The summed E-state index contributed by atoms with van der Waals surface area (Å²) in [4.78, 5) is 50.2. The summed E-state index contributed by atoms with van der Waals surface area (Å²) in [6.45, 7) is 26.3. The molecule has 0 bridgehead atoms. The normalized spacial score (nSPS) is 14.4. The van der Waals surface area contributed by atoms with E-state index in [1.54, 1.807) is 26.8 Å². The van der Waals surface area contributed by atoms with Gasteiger partial charge in [-0.15, -0.1) is 0 Å². The van der Waals surface area contributed by atoms with E-state index < -0.39 is 79.1 Å². The van der Waals surface area contributed by atoms with Crippen LogP contribution in [0.25, 0.3) is 0 Å². The molecule has 0 aromatic heterocycles. The Bertz CT molecular complexity index is 1540. The minimum absolute atomic E-state index is 0.0787. The zero-order valence-electron chi connectivity index (χ0n) is 39.5. The van der Waals surface area contributed by atoms with Gasteiger partial charge in [-0.05, 0) is 96.5 Å². The van der Waals surface area contributed by atoms with Crippen molar-refractivity contribution in [1.82, 2.24) is 0 Å². The van der Waals surface area contributed by atoms with E-state index in [9.17, 15) is 67.2 Å². The first-order valence-electron chi connectivity index (χ1n) is 19.8. The van der Waals surface area contributed by atoms with Gasteiger partial charge < -0.3 is 21.1 Å². The Labute approximate surface area is 385 Å². The second-order valence-corrected chi connectivity index (χ2v) is 18.8. The molecule has 0 rings (SSSR count). The van der Waals surface area contributed by atoms with Crippen molar-refractivity contribution in [2.45, 2.75) is 165 Å². The predicted molar refractivity (Wildman–Crippen MR) is 238 cm³/mol. The highest BCUT2D eigenvalue weighted by Gasteiger charge is 2.49. The SMILES string of the molecule is C/C=C/C=O.C/C=C/[C@H](C)CC.CC(=O)[C@@H](C)OS(=O)(=O)C(F)(F)F.CC(=O)[C@H](CC(C)C)OS(=O)(=O)C(F)(F)F.CC(C)C[C@@H](C)CBr.CC(C)C[C@H](N)C(=O)O.C[C@@H](O)C(=O)O. The van der Waals surface area contributed by atoms with Crippen LogP contribution in [-0.2, 0) is 52.6 Å². The number of hydrogen-bond donors (Lipinski definition) is 4. The Kier molecular flexibility index (Phi) is 47.8. The molecular weight excluding hydrogens is 976 g/mol. The average molecular weight is 1050 g/mol. The van der Waals surface area contributed by atoms with Crippen molar-refractivity contribution in [2.24, 2.45) is 35.3 Å². The maximum absolute atomic E-state index is 12.0. The number of hydrogen-bond acceptors (Lipinski definition) is 13. The molecule has 6 atom stereocenters. The number of carboxylic acids is 2. The van der Waals surface area contributed by atoms with Crippen molar-refractivity contribution in [3.8, 4) is 0 Å². The van der Waals surface area contributed by atoms with E-state index in [0.29, 0.717) is 12.3 Å². The Balaban J connectivity index is -0.000000123. The molecule has 0 aromatic rings. The Morgan fingerprint density at radius 3 is 1.22 bits per heavy atom. The number of aliphatic hydroxyl groups is 1. The molecule has 0 unspecified atom stereocenters. The van der Waals surface area contributed by atoms with E-state index in [-0.39, 0.29) is 12.3 Å². The summed E-state index contributed by atoms with van der Waals surface area (Å²) in [5.41, 5.74) is -5.77. The van der Waals surface area contributed by atoms with Crippen LogP contribution in [0.15, 0.2) is 24.3 Å². The van der Waals surface area contributed by atoms with Crippen molar-refractivity contribution in [2.75, 3.05) is 5.33 Å². The van der Waals surface area contributed by atoms with E-state index in [0.717, 1.165) is 50.1 Å². The minimum atomic E-state index is -5.71. The highest BCUT2D eigenvalue weighted by atomic mass is 79.9. The largest absolute Gasteiger partial charge is 0.523 e. The third-order valence-electron chi connectivity index (χ3n) is 6.77. The van der Waals surface area contributed by atoms with Gasteiger partial charge >= 0.3 is 43.2 Å². The first-order chi connectivity index (χ1) is 28.6. The lowest BCUT2D eigenvalue weighted by Crippen LogP contribution is -2.34. The van der Waals surface area contributed by atoms with Crippen LogP contribution in [0.3, 0.4) is 0 Å². The van der Waals surface area contributed by atoms with Crippen molar-refractivity contribution in [1.29, 1.82) is 0 Å². The van der Waals surface area contributed by atoms with Gasteiger partial charge in [-0.1, -0.05) is 103 Å². The lowest BCUT2D eigenvalue weighted by Gasteiger charge is -2.17. The third-order valence-corrected chi connectivity index (χ3v) is 10.0. The van der Waals surface area contributed by atoms with Crippen molar-refractivity contribution < 1.29 is 90.8 Å². The van der Waals surface area contributed by atoms with Gasteiger partial charge in [-0.25, -0.2) is 4.79 Å². The van der Waals surface area contributed by atoms with Gasteiger partial charge in [0, 0.05) is 5.33 Å². The monoisotopic (exact) mass is 1050 g/mol. The van der Waals surface area contributed by atoms with E-state index in [4.69, 9.17) is 21.1 Å². The first kappa shape index (κ1) is 75.5. The number of alkyl halides is 7. The van der Waals surface area contributed by atoms with Gasteiger partial charge in [0.05, 0.1) is 0 Å². The number of Topliss-reactive ketones (excluding diaryl/α,β-unsaturated/α-hetero) is 2. The van der Waals surface area contributed by atoms with Crippen molar-refractivity contribution >= 4 is 66.0 Å². The molecular formula is C40H74BrF6NO14S2. The molecule has 0 amide bonds. The molecule has 0 heterocycles. The van der Waals surface area contributed by atoms with Crippen molar-refractivity contribution in [3.63, 3.8) is 0 Å². The molecule has 0 saturated heterocycles. The van der Waals surface area contributed by atoms with Crippen LogP contribution in [-0.4, -0.2) is 103 Å². The Morgan fingerprint density at radius 1 is 0.688 bits per heavy atom. The van der Waals surface area contributed by atoms with Gasteiger partial charge in [0.25, 0.3) is 0 Å². The Hall–Kier alpha value is -2.77. The van der Waals surface area contributed by atoms with Crippen LogP contribution in [0.4, 0.5) is 26.3 Å². The van der Waals surface area contributed by atoms with Crippen LogP contribution < -0.4 is 5.73 Å². The van der Waals surface area contributed by atoms with Gasteiger partial charge in [0.1, 0.15) is 30.6 Å². The number of halogens is 7. The highest BCUT2D eigenvalue weighted by molar-refractivity contribution is 9.09. The summed E-state index contributed by atoms with van der Waals surface area (Å²) < 4.78 is 120. The third kappa shape index (κ3) is 51.9. The summed E-state index contributed by atoms with van der Waals surface area (Å²) in [5.74, 6) is -0.982. The van der Waals surface area contributed by atoms with Crippen LogP contribution >= 0.6 is 15.9 Å². The number of carbonyl (C=O) groups excluding carboxylic acids is 3. The van der Waals surface area contributed by atoms with Gasteiger partial charge in [0.2, 0.25) is 0 Å². The number of aliphatic carboxylic acids is 2. The second-order valence-electron chi connectivity index (χ2n) is 15.0. The number of aldehydes is 1. The number of ketones is 2. The highest BCUT2D eigenvalue weighted by Crippen LogP contribution is 2.27. The number of carboxylic acid groups (broad SMARTS) is 2. The molecule has 5 N–H and O–H groups in total. The fourth-order valence-electron chi connectivity index (χ4n) is 3.24. The van der Waals surface area contributed by atoms with E-state index in [2.05, 4.69) is 78.0 Å². The maximum atomic E-state index is 12.0. The van der Waals surface area contributed by atoms with Gasteiger partial charge in [0.15, 0.2) is 11.6 Å². The minimum Gasteiger partial charge on any atom is -0.480 e. The lowest BCUT2D eigenvalue weighted by molar-refractivity contribution is -0.145. The summed E-state index contributed by atoms with van der Waals surface area (Å²) in [6.07, 6.45) is 6.85. The fourth-order valence-corrected chi connectivity index (χ4v) is 4.76. The topological polar surface area (TPSA) is 259 Å². The van der Waals surface area contributed by atoms with Crippen LogP contribution in [0, 0.1) is 29.6 Å². The van der Waals surface area contributed by atoms with E-state index in [1.165, 1.54) is 25.8 Å². The molecule has 0 fully saturated rings. The zero-order valence-corrected chi connectivity index (χ0v) is 42.7.